The van der Waals surface area contributed by atoms with Crippen LogP contribution >= 0.6 is 0 Å². The second-order valence-electron chi connectivity index (χ2n) is 5.24. The fourth-order valence-electron chi connectivity index (χ4n) is 2.44. The molecule has 1 saturated heterocycles. The molecule has 6 heteroatoms. The number of aliphatic hydroxyl groups is 2. The quantitative estimate of drug-likeness (QED) is 0.676. The summed E-state index contributed by atoms with van der Waals surface area (Å²) in [5, 5.41) is 23.7. The van der Waals surface area contributed by atoms with Crippen molar-refractivity contribution >= 4 is 5.69 Å². The molecule has 4 N–H and O–H groups in total. The molecule has 1 aromatic heterocycles. The van der Waals surface area contributed by atoms with E-state index >= 15 is 0 Å². The first kappa shape index (κ1) is 13.3. The Labute approximate surface area is 107 Å². The molecule has 1 aromatic rings. The summed E-state index contributed by atoms with van der Waals surface area (Å²) in [6.45, 7) is 4.77. The van der Waals surface area contributed by atoms with E-state index in [1.54, 1.807) is 17.1 Å². The Bertz CT molecular complexity index is 382. The fourth-order valence-corrected chi connectivity index (χ4v) is 2.44. The summed E-state index contributed by atoms with van der Waals surface area (Å²) in [5.41, 5.74) is 6.18. The van der Waals surface area contributed by atoms with Crippen molar-refractivity contribution in [1.82, 2.24) is 14.7 Å². The van der Waals surface area contributed by atoms with Crippen molar-refractivity contribution in [2.45, 2.75) is 32.1 Å². The maximum atomic E-state index is 10.0. The zero-order chi connectivity index (χ0) is 13.1. The number of nitrogens with two attached hydrogens (primary N) is 1. The second kappa shape index (κ2) is 5.69. The monoisotopic (exact) mass is 254 g/mol. The molecular weight excluding hydrogens is 232 g/mol. The molecule has 2 rings (SSSR count). The van der Waals surface area contributed by atoms with E-state index in [1.807, 2.05) is 6.92 Å². The highest BCUT2D eigenvalue weighted by molar-refractivity contribution is 5.30. The normalized spacial score (nSPS) is 27.3. The third kappa shape index (κ3) is 3.44. The number of nitrogens with zero attached hydrogens (tertiary/aromatic N) is 3. The number of rotatable bonds is 4. The van der Waals surface area contributed by atoms with E-state index in [9.17, 15) is 10.2 Å². The maximum absolute atomic E-state index is 10.0. The largest absolute Gasteiger partial charge is 0.396 e. The molecule has 1 aliphatic heterocycles. The third-order valence-corrected chi connectivity index (χ3v) is 3.46. The Hall–Kier alpha value is -1.11. The second-order valence-corrected chi connectivity index (χ2v) is 5.24. The van der Waals surface area contributed by atoms with Crippen LogP contribution in [-0.4, -0.2) is 56.7 Å². The van der Waals surface area contributed by atoms with Crippen LogP contribution in [-0.2, 0) is 6.54 Å². The van der Waals surface area contributed by atoms with E-state index < -0.39 is 6.10 Å². The third-order valence-electron chi connectivity index (χ3n) is 3.46. The first-order chi connectivity index (χ1) is 8.54. The summed E-state index contributed by atoms with van der Waals surface area (Å²) in [7, 11) is 0. The molecule has 3 atom stereocenters. The van der Waals surface area contributed by atoms with Gasteiger partial charge in [-0.15, -0.1) is 0 Å². The molecule has 6 nitrogen and oxygen atoms in total. The van der Waals surface area contributed by atoms with Gasteiger partial charge in [-0.3, -0.25) is 4.68 Å². The van der Waals surface area contributed by atoms with Crippen LogP contribution in [0.5, 0.6) is 0 Å². The standard InChI is InChI=1S/C12H22N4O2/c1-9-5-15(3-2-12(9)18)7-11(17)8-16-6-10(13)4-14-16/h4,6,9,11-12,17-18H,2-3,5,7-8,13H2,1H3. The Morgan fingerprint density at radius 3 is 2.94 bits per heavy atom. The van der Waals surface area contributed by atoms with E-state index in [0.717, 1.165) is 19.5 Å². The summed E-state index contributed by atoms with van der Waals surface area (Å²) in [6.07, 6.45) is 3.40. The zero-order valence-electron chi connectivity index (χ0n) is 10.7. The average Bonchev–Trinajstić information content (AvgIpc) is 2.69. The Morgan fingerprint density at radius 1 is 1.56 bits per heavy atom. The number of nitrogen functional groups attached to an aromatic ring is 1. The van der Waals surface area contributed by atoms with Gasteiger partial charge in [0.25, 0.3) is 0 Å². The van der Waals surface area contributed by atoms with Crippen LogP contribution in [0.4, 0.5) is 5.69 Å². The maximum Gasteiger partial charge on any atom is 0.0862 e. The molecule has 0 amide bonds. The molecule has 2 heterocycles. The first-order valence-electron chi connectivity index (χ1n) is 6.41. The van der Waals surface area contributed by atoms with Gasteiger partial charge in [0.05, 0.1) is 30.6 Å². The van der Waals surface area contributed by atoms with Crippen molar-refractivity contribution in [3.63, 3.8) is 0 Å². The van der Waals surface area contributed by atoms with Gasteiger partial charge in [0, 0.05) is 25.8 Å². The van der Waals surface area contributed by atoms with Crippen molar-refractivity contribution in [3.05, 3.63) is 12.4 Å². The van der Waals surface area contributed by atoms with Gasteiger partial charge in [0.15, 0.2) is 0 Å². The number of aromatic nitrogens is 2. The van der Waals surface area contributed by atoms with E-state index in [2.05, 4.69) is 10.00 Å². The lowest BCUT2D eigenvalue weighted by atomic mass is 9.96. The zero-order valence-corrected chi connectivity index (χ0v) is 10.7. The first-order valence-corrected chi connectivity index (χ1v) is 6.41. The minimum atomic E-state index is -0.466. The molecular formula is C12H22N4O2. The van der Waals surface area contributed by atoms with Crippen LogP contribution < -0.4 is 5.73 Å². The lowest BCUT2D eigenvalue weighted by Crippen LogP contribution is -2.45. The number of hydrogen-bond donors (Lipinski definition) is 3. The van der Waals surface area contributed by atoms with E-state index in [1.165, 1.54) is 0 Å². The molecule has 102 valence electrons. The minimum absolute atomic E-state index is 0.204. The van der Waals surface area contributed by atoms with Gasteiger partial charge in [-0.05, 0) is 12.3 Å². The van der Waals surface area contributed by atoms with E-state index in [4.69, 9.17) is 5.73 Å². The summed E-state index contributed by atoms with van der Waals surface area (Å²) in [4.78, 5) is 2.19. The van der Waals surface area contributed by atoms with Crippen LogP contribution in [0.2, 0.25) is 0 Å². The molecule has 3 unspecified atom stereocenters. The molecule has 0 bridgehead atoms. The minimum Gasteiger partial charge on any atom is -0.396 e. The Morgan fingerprint density at radius 2 is 2.33 bits per heavy atom. The van der Waals surface area contributed by atoms with Gasteiger partial charge in [-0.1, -0.05) is 6.92 Å². The van der Waals surface area contributed by atoms with E-state index in [-0.39, 0.29) is 12.0 Å². The molecule has 0 aliphatic carbocycles. The number of likely N-dealkylation sites (tertiary alicyclic amines) is 1. The van der Waals surface area contributed by atoms with Crippen LogP contribution in [0, 0.1) is 5.92 Å². The topological polar surface area (TPSA) is 87.5 Å². The average molecular weight is 254 g/mol. The fraction of sp³-hybridized carbons (Fsp3) is 0.750. The molecule has 0 spiro atoms. The number of anilines is 1. The smallest absolute Gasteiger partial charge is 0.0862 e. The summed E-state index contributed by atoms with van der Waals surface area (Å²) in [6, 6.07) is 0. The Balaban J connectivity index is 1.79. The van der Waals surface area contributed by atoms with E-state index in [0.29, 0.717) is 18.8 Å². The summed E-state index contributed by atoms with van der Waals surface area (Å²) in [5.74, 6) is 0.270. The molecule has 0 saturated carbocycles. The highest BCUT2D eigenvalue weighted by Crippen LogP contribution is 2.16. The van der Waals surface area contributed by atoms with Crippen molar-refractivity contribution in [1.29, 1.82) is 0 Å². The van der Waals surface area contributed by atoms with Crippen molar-refractivity contribution in [3.8, 4) is 0 Å². The van der Waals surface area contributed by atoms with Gasteiger partial charge in [0.1, 0.15) is 0 Å². The van der Waals surface area contributed by atoms with Crippen molar-refractivity contribution < 1.29 is 10.2 Å². The van der Waals surface area contributed by atoms with Crippen LogP contribution in [0.15, 0.2) is 12.4 Å². The van der Waals surface area contributed by atoms with Crippen LogP contribution in [0.3, 0.4) is 0 Å². The lowest BCUT2D eigenvalue weighted by molar-refractivity contribution is 0.0115. The molecule has 18 heavy (non-hydrogen) atoms. The predicted molar refractivity (Wildman–Crippen MR) is 68.9 cm³/mol. The number of β-amino-alcohol motifs (C(OH)–C–C–N with tert-alkyl or cyclic N) is 1. The number of piperidine rings is 1. The van der Waals surface area contributed by atoms with Gasteiger partial charge in [0.2, 0.25) is 0 Å². The number of aliphatic hydroxyl groups excluding tert-OH is 2. The molecule has 1 fully saturated rings. The molecule has 1 aliphatic rings. The highest BCUT2D eigenvalue weighted by Gasteiger charge is 2.25. The Kier molecular flexibility index (Phi) is 4.21. The lowest BCUT2D eigenvalue weighted by Gasteiger charge is -2.35. The van der Waals surface area contributed by atoms with Crippen molar-refractivity contribution in [2.75, 3.05) is 25.4 Å². The van der Waals surface area contributed by atoms with Crippen molar-refractivity contribution in [2.24, 2.45) is 5.92 Å². The number of hydrogen-bond acceptors (Lipinski definition) is 5. The van der Waals surface area contributed by atoms with Gasteiger partial charge in [-0.2, -0.15) is 5.10 Å². The van der Waals surface area contributed by atoms with Crippen LogP contribution in [0.1, 0.15) is 13.3 Å². The highest BCUT2D eigenvalue weighted by atomic mass is 16.3. The molecule has 0 radical (unpaired) electrons. The van der Waals surface area contributed by atoms with Gasteiger partial charge < -0.3 is 20.8 Å². The predicted octanol–water partition coefficient (Wildman–Crippen LogP) is -0.471. The molecule has 0 aromatic carbocycles. The van der Waals surface area contributed by atoms with Gasteiger partial charge >= 0.3 is 0 Å². The summed E-state index contributed by atoms with van der Waals surface area (Å²) < 4.78 is 1.65. The SMILES string of the molecule is CC1CN(CC(O)Cn2cc(N)cn2)CCC1O. The summed E-state index contributed by atoms with van der Waals surface area (Å²) >= 11 is 0. The van der Waals surface area contributed by atoms with Gasteiger partial charge in [-0.25, -0.2) is 0 Å². The van der Waals surface area contributed by atoms with Crippen LogP contribution in [0.25, 0.3) is 0 Å².